The van der Waals surface area contributed by atoms with Crippen LogP contribution >= 0.6 is 0 Å². The summed E-state index contributed by atoms with van der Waals surface area (Å²) >= 11 is 0. The van der Waals surface area contributed by atoms with E-state index in [1.54, 1.807) is 0 Å². The number of benzene rings is 1. The lowest BCUT2D eigenvalue weighted by molar-refractivity contribution is -0.115. The molecule has 0 spiro atoms. The number of aromatic nitrogens is 1. The first-order valence-corrected chi connectivity index (χ1v) is 7.79. The Morgan fingerprint density at radius 2 is 1.91 bits per heavy atom. The molecule has 0 saturated carbocycles. The lowest BCUT2D eigenvalue weighted by atomic mass is 9.97. The van der Waals surface area contributed by atoms with Crippen LogP contribution in [0.4, 0.5) is 5.69 Å². The van der Waals surface area contributed by atoms with E-state index in [-0.39, 0.29) is 17.7 Å². The van der Waals surface area contributed by atoms with Gasteiger partial charge in [0.2, 0.25) is 5.91 Å². The van der Waals surface area contributed by atoms with Gasteiger partial charge in [0.15, 0.2) is 5.89 Å². The van der Waals surface area contributed by atoms with E-state index < -0.39 is 0 Å². The third-order valence-corrected chi connectivity index (χ3v) is 3.30. The maximum Gasteiger partial charge on any atom is 0.232 e. The van der Waals surface area contributed by atoms with Gasteiger partial charge in [0.1, 0.15) is 11.5 Å². The summed E-state index contributed by atoms with van der Waals surface area (Å²) < 4.78 is 11.1. The van der Waals surface area contributed by atoms with Crippen molar-refractivity contribution >= 4 is 11.6 Å². The first kappa shape index (κ1) is 17.1. The molecular formula is C18H24N2O3. The summed E-state index contributed by atoms with van der Waals surface area (Å²) in [5, 5.41) is 2.85. The van der Waals surface area contributed by atoms with Crippen LogP contribution in [-0.4, -0.2) is 17.5 Å². The van der Waals surface area contributed by atoms with E-state index in [1.807, 2.05) is 58.9 Å². The Balaban J connectivity index is 2.01. The van der Waals surface area contributed by atoms with Gasteiger partial charge in [-0.15, -0.1) is 0 Å². The molecule has 0 unspecified atom stereocenters. The molecule has 0 aliphatic heterocycles. The van der Waals surface area contributed by atoms with Crippen LogP contribution in [0.15, 0.2) is 28.7 Å². The highest BCUT2D eigenvalue weighted by Crippen LogP contribution is 2.24. The number of rotatable bonds is 5. The molecule has 23 heavy (non-hydrogen) atoms. The second kappa shape index (κ2) is 6.86. The third-order valence-electron chi connectivity index (χ3n) is 3.30. The lowest BCUT2D eigenvalue weighted by Gasteiger charge is -2.12. The number of oxazole rings is 1. The van der Waals surface area contributed by atoms with Crippen molar-refractivity contribution in [2.45, 2.75) is 46.5 Å². The van der Waals surface area contributed by atoms with Gasteiger partial charge in [-0.05, 0) is 38.1 Å². The SMILES string of the molecule is CCOc1ccc(NC(=O)Cc2oc(C(C)(C)C)nc2C)cc1. The van der Waals surface area contributed by atoms with Gasteiger partial charge in [-0.25, -0.2) is 4.98 Å². The molecule has 0 saturated heterocycles. The molecule has 124 valence electrons. The lowest BCUT2D eigenvalue weighted by Crippen LogP contribution is -2.14. The number of hydrogen-bond donors (Lipinski definition) is 1. The molecule has 0 atom stereocenters. The van der Waals surface area contributed by atoms with Crippen LogP contribution in [0.3, 0.4) is 0 Å². The fourth-order valence-electron chi connectivity index (χ4n) is 2.07. The van der Waals surface area contributed by atoms with Gasteiger partial charge in [0.05, 0.1) is 18.7 Å². The van der Waals surface area contributed by atoms with Crippen LogP contribution in [0.1, 0.15) is 45.0 Å². The van der Waals surface area contributed by atoms with Crippen LogP contribution in [0.2, 0.25) is 0 Å². The average Bonchev–Trinajstić information content (AvgIpc) is 2.83. The number of carbonyl (C=O) groups excluding carboxylic acids is 1. The van der Waals surface area contributed by atoms with Crippen molar-refractivity contribution in [3.05, 3.63) is 41.6 Å². The first-order chi connectivity index (χ1) is 10.8. The van der Waals surface area contributed by atoms with Gasteiger partial charge in [-0.1, -0.05) is 20.8 Å². The summed E-state index contributed by atoms with van der Waals surface area (Å²) in [7, 11) is 0. The number of hydrogen-bond acceptors (Lipinski definition) is 4. The Bertz CT molecular complexity index is 667. The summed E-state index contributed by atoms with van der Waals surface area (Å²) in [5.41, 5.74) is 1.32. The van der Waals surface area contributed by atoms with E-state index in [4.69, 9.17) is 9.15 Å². The number of ether oxygens (including phenoxy) is 1. The zero-order chi connectivity index (χ0) is 17.0. The van der Waals surface area contributed by atoms with E-state index in [9.17, 15) is 4.79 Å². The highest BCUT2D eigenvalue weighted by atomic mass is 16.5. The molecule has 1 heterocycles. The molecule has 5 nitrogen and oxygen atoms in total. The molecule has 1 amide bonds. The molecule has 0 fully saturated rings. The predicted octanol–water partition coefficient (Wildman–Crippen LogP) is 3.86. The molecule has 5 heteroatoms. The molecule has 1 aromatic carbocycles. The number of aryl methyl sites for hydroxylation is 1. The normalized spacial score (nSPS) is 11.3. The number of anilines is 1. The summed E-state index contributed by atoms with van der Waals surface area (Å²) in [6.07, 6.45) is 0.169. The van der Waals surface area contributed by atoms with E-state index in [2.05, 4.69) is 10.3 Å². The molecule has 1 N–H and O–H groups in total. The molecule has 0 aliphatic carbocycles. The zero-order valence-electron chi connectivity index (χ0n) is 14.4. The van der Waals surface area contributed by atoms with Gasteiger partial charge in [-0.3, -0.25) is 4.79 Å². The zero-order valence-corrected chi connectivity index (χ0v) is 14.4. The average molecular weight is 316 g/mol. The van der Waals surface area contributed by atoms with Crippen LogP contribution in [0.25, 0.3) is 0 Å². The van der Waals surface area contributed by atoms with Crippen molar-refractivity contribution < 1.29 is 13.9 Å². The number of nitrogens with one attached hydrogen (secondary N) is 1. The van der Waals surface area contributed by atoms with Crippen molar-refractivity contribution in [2.24, 2.45) is 0 Å². The Hall–Kier alpha value is -2.30. The van der Waals surface area contributed by atoms with Crippen LogP contribution in [-0.2, 0) is 16.6 Å². The minimum Gasteiger partial charge on any atom is -0.494 e. The van der Waals surface area contributed by atoms with E-state index >= 15 is 0 Å². The van der Waals surface area contributed by atoms with Crippen molar-refractivity contribution in [2.75, 3.05) is 11.9 Å². The molecule has 2 rings (SSSR count). The summed E-state index contributed by atoms with van der Waals surface area (Å²) in [5.74, 6) is 1.91. The molecule has 0 radical (unpaired) electrons. The largest absolute Gasteiger partial charge is 0.494 e. The van der Waals surface area contributed by atoms with Crippen molar-refractivity contribution in [1.82, 2.24) is 4.98 Å². The second-order valence-electron chi connectivity index (χ2n) is 6.46. The minimum absolute atomic E-state index is 0.131. The Morgan fingerprint density at radius 3 is 2.43 bits per heavy atom. The highest BCUT2D eigenvalue weighted by Gasteiger charge is 2.23. The molecule has 2 aromatic rings. The van der Waals surface area contributed by atoms with Crippen LogP contribution in [0.5, 0.6) is 5.75 Å². The van der Waals surface area contributed by atoms with Crippen LogP contribution < -0.4 is 10.1 Å². The van der Waals surface area contributed by atoms with E-state index in [0.717, 1.165) is 17.1 Å². The smallest absolute Gasteiger partial charge is 0.232 e. The fraction of sp³-hybridized carbons (Fsp3) is 0.444. The number of carbonyl (C=O) groups is 1. The fourth-order valence-corrected chi connectivity index (χ4v) is 2.07. The van der Waals surface area contributed by atoms with Gasteiger partial charge in [-0.2, -0.15) is 0 Å². The summed E-state index contributed by atoms with van der Waals surface area (Å²) in [4.78, 5) is 16.6. The summed E-state index contributed by atoms with van der Waals surface area (Å²) in [6.45, 7) is 10.5. The molecular weight excluding hydrogens is 292 g/mol. The third kappa shape index (κ3) is 4.58. The second-order valence-corrected chi connectivity index (χ2v) is 6.46. The number of nitrogens with zero attached hydrogens (tertiary/aromatic N) is 1. The van der Waals surface area contributed by atoms with Gasteiger partial charge >= 0.3 is 0 Å². The van der Waals surface area contributed by atoms with E-state index in [0.29, 0.717) is 18.3 Å². The molecule has 0 aliphatic rings. The molecule has 1 aromatic heterocycles. The standard InChI is InChI=1S/C18H24N2O3/c1-6-22-14-9-7-13(8-10-14)20-16(21)11-15-12(2)19-17(23-15)18(3,4)5/h7-10H,6,11H2,1-5H3,(H,20,21). The van der Waals surface area contributed by atoms with Gasteiger partial charge in [0, 0.05) is 11.1 Å². The van der Waals surface area contributed by atoms with Crippen molar-refractivity contribution in [3.63, 3.8) is 0 Å². The van der Waals surface area contributed by atoms with Gasteiger partial charge in [0.25, 0.3) is 0 Å². The van der Waals surface area contributed by atoms with Crippen molar-refractivity contribution in [1.29, 1.82) is 0 Å². The Kier molecular flexibility index (Phi) is 5.08. The monoisotopic (exact) mass is 316 g/mol. The summed E-state index contributed by atoms with van der Waals surface area (Å²) in [6, 6.07) is 7.29. The van der Waals surface area contributed by atoms with Crippen molar-refractivity contribution in [3.8, 4) is 5.75 Å². The minimum atomic E-state index is -0.172. The first-order valence-electron chi connectivity index (χ1n) is 7.79. The topological polar surface area (TPSA) is 64.4 Å². The molecule has 0 bridgehead atoms. The predicted molar refractivity (Wildman–Crippen MR) is 89.9 cm³/mol. The number of amides is 1. The maximum atomic E-state index is 12.2. The van der Waals surface area contributed by atoms with Gasteiger partial charge < -0.3 is 14.5 Å². The van der Waals surface area contributed by atoms with Crippen LogP contribution in [0, 0.1) is 6.92 Å². The van der Waals surface area contributed by atoms with E-state index in [1.165, 1.54) is 0 Å². The Morgan fingerprint density at radius 1 is 1.26 bits per heavy atom. The highest BCUT2D eigenvalue weighted by molar-refractivity contribution is 5.92. The quantitative estimate of drug-likeness (QED) is 0.909. The Labute approximate surface area is 137 Å². The maximum absolute atomic E-state index is 12.2.